The molecule has 0 aliphatic carbocycles. The molecule has 1 unspecified atom stereocenters. The maximum absolute atomic E-state index is 11.1. The van der Waals surface area contributed by atoms with Crippen molar-refractivity contribution in [2.24, 2.45) is 0 Å². The summed E-state index contributed by atoms with van der Waals surface area (Å²) in [6.45, 7) is 1.81. The average molecular weight is 211 g/mol. The van der Waals surface area contributed by atoms with Crippen molar-refractivity contribution in [3.8, 4) is 5.75 Å². The molecule has 0 radical (unpaired) electrons. The topological polar surface area (TPSA) is 90.4 Å². The van der Waals surface area contributed by atoms with E-state index in [4.69, 9.17) is 5.11 Å². The summed E-state index contributed by atoms with van der Waals surface area (Å²) in [7, 11) is 0. The van der Waals surface area contributed by atoms with Gasteiger partial charge in [0.2, 0.25) is 0 Å². The van der Waals surface area contributed by atoms with Crippen LogP contribution in [0.3, 0.4) is 0 Å². The standard InChI is InChI=1S/C10H13NO4/c1-2-6(5-8(12)13)7-3-4-11-10(15)9(7)14/h3-4,6,14H,2,5H2,1H3,(H,11,15)(H,12,13). The molecule has 1 rings (SSSR count). The van der Waals surface area contributed by atoms with Crippen LogP contribution in [-0.2, 0) is 4.79 Å². The zero-order valence-corrected chi connectivity index (χ0v) is 8.36. The van der Waals surface area contributed by atoms with Crippen molar-refractivity contribution in [1.29, 1.82) is 0 Å². The number of aromatic amines is 1. The molecule has 3 N–H and O–H groups in total. The van der Waals surface area contributed by atoms with Gasteiger partial charge in [0.1, 0.15) is 0 Å². The molecule has 0 aliphatic rings. The number of pyridine rings is 1. The van der Waals surface area contributed by atoms with Gasteiger partial charge in [-0.25, -0.2) is 0 Å². The van der Waals surface area contributed by atoms with Crippen LogP contribution >= 0.6 is 0 Å². The van der Waals surface area contributed by atoms with E-state index in [1.54, 1.807) is 0 Å². The van der Waals surface area contributed by atoms with Gasteiger partial charge in [0.05, 0.1) is 6.42 Å². The number of aromatic nitrogens is 1. The van der Waals surface area contributed by atoms with Crippen LogP contribution in [0.5, 0.6) is 5.75 Å². The lowest BCUT2D eigenvalue weighted by molar-refractivity contribution is -0.137. The summed E-state index contributed by atoms with van der Waals surface area (Å²) in [5.41, 5.74) is -0.194. The summed E-state index contributed by atoms with van der Waals surface area (Å²) in [5.74, 6) is -1.66. The first kappa shape index (κ1) is 11.3. The van der Waals surface area contributed by atoms with Crippen LogP contribution in [0.4, 0.5) is 0 Å². The Morgan fingerprint density at radius 1 is 1.60 bits per heavy atom. The minimum absolute atomic E-state index is 0.0898. The number of carbonyl (C=O) groups is 1. The van der Waals surface area contributed by atoms with Crippen molar-refractivity contribution in [1.82, 2.24) is 4.98 Å². The fraction of sp³-hybridized carbons (Fsp3) is 0.400. The monoisotopic (exact) mass is 211 g/mol. The van der Waals surface area contributed by atoms with Crippen LogP contribution in [0.25, 0.3) is 0 Å². The van der Waals surface area contributed by atoms with Gasteiger partial charge in [0, 0.05) is 11.8 Å². The molecule has 1 aromatic heterocycles. The van der Waals surface area contributed by atoms with Gasteiger partial charge in [-0.05, 0) is 18.4 Å². The van der Waals surface area contributed by atoms with Crippen LogP contribution < -0.4 is 5.56 Å². The number of aromatic hydroxyl groups is 1. The first-order valence-corrected chi connectivity index (χ1v) is 4.68. The van der Waals surface area contributed by atoms with Crippen LogP contribution in [-0.4, -0.2) is 21.2 Å². The number of rotatable bonds is 4. The molecular formula is C10H13NO4. The number of H-pyrrole nitrogens is 1. The third-order valence-corrected chi connectivity index (χ3v) is 2.32. The first-order chi connectivity index (χ1) is 7.06. The quantitative estimate of drug-likeness (QED) is 0.694. The third kappa shape index (κ3) is 2.59. The van der Waals surface area contributed by atoms with E-state index in [-0.39, 0.29) is 18.1 Å². The number of hydrogen-bond acceptors (Lipinski definition) is 3. The fourth-order valence-corrected chi connectivity index (χ4v) is 1.50. The third-order valence-electron chi connectivity index (χ3n) is 2.32. The Hall–Kier alpha value is -1.78. The fourth-order valence-electron chi connectivity index (χ4n) is 1.50. The molecule has 0 amide bonds. The predicted octanol–water partition coefficient (Wildman–Crippen LogP) is 1.05. The summed E-state index contributed by atoms with van der Waals surface area (Å²) in [6, 6.07) is 1.54. The van der Waals surface area contributed by atoms with Crippen molar-refractivity contribution < 1.29 is 15.0 Å². The molecule has 0 fully saturated rings. The molecule has 0 saturated heterocycles. The van der Waals surface area contributed by atoms with E-state index >= 15 is 0 Å². The van der Waals surface area contributed by atoms with E-state index in [2.05, 4.69) is 4.98 Å². The van der Waals surface area contributed by atoms with Gasteiger partial charge in [-0.3, -0.25) is 9.59 Å². The van der Waals surface area contributed by atoms with Gasteiger partial charge in [-0.15, -0.1) is 0 Å². The minimum Gasteiger partial charge on any atom is -0.503 e. The number of nitrogens with one attached hydrogen (secondary N) is 1. The minimum atomic E-state index is -0.943. The van der Waals surface area contributed by atoms with Crippen LogP contribution in [0.2, 0.25) is 0 Å². The lowest BCUT2D eigenvalue weighted by Gasteiger charge is -2.13. The number of hydrogen-bond donors (Lipinski definition) is 3. The summed E-state index contributed by atoms with van der Waals surface area (Å²) in [6.07, 6.45) is 1.87. The largest absolute Gasteiger partial charge is 0.503 e. The zero-order chi connectivity index (χ0) is 11.4. The second-order valence-electron chi connectivity index (χ2n) is 3.31. The Labute approximate surface area is 86.4 Å². The molecule has 0 aromatic carbocycles. The first-order valence-electron chi connectivity index (χ1n) is 4.68. The summed E-state index contributed by atoms with van der Waals surface area (Å²) in [5, 5.41) is 18.1. The number of aliphatic carboxylic acids is 1. The summed E-state index contributed by atoms with van der Waals surface area (Å²) < 4.78 is 0. The lowest BCUT2D eigenvalue weighted by atomic mass is 9.93. The van der Waals surface area contributed by atoms with Crippen LogP contribution in [0.15, 0.2) is 17.1 Å². The molecule has 0 bridgehead atoms. The highest BCUT2D eigenvalue weighted by Gasteiger charge is 2.18. The van der Waals surface area contributed by atoms with E-state index in [1.165, 1.54) is 12.3 Å². The lowest BCUT2D eigenvalue weighted by Crippen LogP contribution is -2.11. The molecule has 5 nitrogen and oxygen atoms in total. The Kier molecular flexibility index (Phi) is 3.49. The van der Waals surface area contributed by atoms with E-state index in [1.807, 2.05) is 6.92 Å². The Bertz CT molecular complexity index is 410. The van der Waals surface area contributed by atoms with Crippen molar-refractivity contribution in [2.45, 2.75) is 25.7 Å². The van der Waals surface area contributed by atoms with E-state index in [0.717, 1.165) is 0 Å². The molecular weight excluding hydrogens is 198 g/mol. The molecule has 0 spiro atoms. The molecule has 1 aromatic rings. The van der Waals surface area contributed by atoms with Gasteiger partial charge in [0.25, 0.3) is 5.56 Å². The molecule has 82 valence electrons. The van der Waals surface area contributed by atoms with E-state index < -0.39 is 11.5 Å². The summed E-state index contributed by atoms with van der Waals surface area (Å²) >= 11 is 0. The Morgan fingerprint density at radius 2 is 2.27 bits per heavy atom. The summed E-state index contributed by atoms with van der Waals surface area (Å²) in [4.78, 5) is 24.0. The maximum Gasteiger partial charge on any atom is 0.303 e. The van der Waals surface area contributed by atoms with Crippen molar-refractivity contribution in [3.05, 3.63) is 28.2 Å². The molecule has 1 heterocycles. The smallest absolute Gasteiger partial charge is 0.303 e. The van der Waals surface area contributed by atoms with E-state index in [9.17, 15) is 14.7 Å². The van der Waals surface area contributed by atoms with Crippen molar-refractivity contribution in [2.75, 3.05) is 0 Å². The van der Waals surface area contributed by atoms with Crippen molar-refractivity contribution >= 4 is 5.97 Å². The highest BCUT2D eigenvalue weighted by atomic mass is 16.4. The highest BCUT2D eigenvalue weighted by molar-refractivity contribution is 5.68. The second-order valence-corrected chi connectivity index (χ2v) is 3.31. The van der Waals surface area contributed by atoms with Crippen molar-refractivity contribution in [3.63, 3.8) is 0 Å². The van der Waals surface area contributed by atoms with Gasteiger partial charge in [-0.2, -0.15) is 0 Å². The van der Waals surface area contributed by atoms with Crippen LogP contribution in [0.1, 0.15) is 31.2 Å². The Morgan fingerprint density at radius 3 is 2.80 bits per heavy atom. The zero-order valence-electron chi connectivity index (χ0n) is 8.36. The molecule has 1 atom stereocenters. The average Bonchev–Trinajstić information content (AvgIpc) is 2.19. The van der Waals surface area contributed by atoms with Crippen LogP contribution in [0, 0.1) is 0 Å². The SMILES string of the molecule is CCC(CC(=O)O)c1cc[nH]c(=O)c1O. The number of carboxylic acid groups (broad SMARTS) is 1. The van der Waals surface area contributed by atoms with Gasteiger partial charge < -0.3 is 15.2 Å². The number of carboxylic acids is 1. The van der Waals surface area contributed by atoms with Gasteiger partial charge >= 0.3 is 5.97 Å². The molecule has 0 saturated carbocycles. The molecule has 5 heteroatoms. The van der Waals surface area contributed by atoms with E-state index in [0.29, 0.717) is 12.0 Å². The van der Waals surface area contributed by atoms with Gasteiger partial charge in [0.15, 0.2) is 5.75 Å². The normalized spacial score (nSPS) is 12.3. The molecule has 0 aliphatic heterocycles. The van der Waals surface area contributed by atoms with Gasteiger partial charge in [-0.1, -0.05) is 6.92 Å². The second kappa shape index (κ2) is 4.63. The Balaban J connectivity index is 3.07. The predicted molar refractivity (Wildman–Crippen MR) is 54.0 cm³/mol. The maximum atomic E-state index is 11.1. The highest BCUT2D eigenvalue weighted by Crippen LogP contribution is 2.27. The molecule has 15 heavy (non-hydrogen) atoms.